The Balaban J connectivity index is 1.45. The van der Waals surface area contributed by atoms with Gasteiger partial charge in [-0.3, -0.25) is 4.68 Å². The standard InChI is InChI=1S/C19H35N3/c1-2-3-4-5-6-7-8-9-10-13-16-22-17-19(20-21-22)18-14-11-12-15-18/h17-18H,2-16H2,1H3. The van der Waals surface area contributed by atoms with Gasteiger partial charge in [0.2, 0.25) is 0 Å². The van der Waals surface area contributed by atoms with Gasteiger partial charge in [-0.2, -0.15) is 0 Å². The zero-order valence-corrected chi connectivity index (χ0v) is 14.6. The topological polar surface area (TPSA) is 30.7 Å². The third-order valence-electron chi connectivity index (χ3n) is 5.07. The molecule has 0 N–H and O–H groups in total. The van der Waals surface area contributed by atoms with Crippen molar-refractivity contribution < 1.29 is 0 Å². The van der Waals surface area contributed by atoms with Gasteiger partial charge in [-0.25, -0.2) is 0 Å². The maximum absolute atomic E-state index is 4.38. The number of aromatic nitrogens is 3. The molecule has 0 atom stereocenters. The molecular weight excluding hydrogens is 270 g/mol. The van der Waals surface area contributed by atoms with Crippen LogP contribution < -0.4 is 0 Å². The molecule has 1 heterocycles. The van der Waals surface area contributed by atoms with E-state index in [4.69, 9.17) is 0 Å². The molecule has 1 fully saturated rings. The van der Waals surface area contributed by atoms with Gasteiger partial charge in [0.05, 0.1) is 5.69 Å². The molecule has 1 aromatic heterocycles. The minimum atomic E-state index is 0.696. The van der Waals surface area contributed by atoms with Crippen LogP contribution in [0.5, 0.6) is 0 Å². The predicted octanol–water partition coefficient (Wildman–Crippen LogP) is 5.86. The molecule has 0 aliphatic heterocycles. The van der Waals surface area contributed by atoms with Crippen molar-refractivity contribution in [3.05, 3.63) is 11.9 Å². The fraction of sp³-hybridized carbons (Fsp3) is 0.895. The smallest absolute Gasteiger partial charge is 0.0857 e. The average molecular weight is 306 g/mol. The highest BCUT2D eigenvalue weighted by Gasteiger charge is 2.19. The van der Waals surface area contributed by atoms with E-state index in [0.29, 0.717) is 5.92 Å². The summed E-state index contributed by atoms with van der Waals surface area (Å²) in [7, 11) is 0. The quantitative estimate of drug-likeness (QED) is 0.453. The van der Waals surface area contributed by atoms with Crippen LogP contribution in [0, 0.1) is 0 Å². The Bertz CT molecular complexity index is 380. The Labute approximate surface area is 136 Å². The summed E-state index contributed by atoms with van der Waals surface area (Å²) in [6.45, 7) is 3.34. The van der Waals surface area contributed by atoms with Gasteiger partial charge in [0.15, 0.2) is 0 Å². The van der Waals surface area contributed by atoms with Gasteiger partial charge >= 0.3 is 0 Å². The van der Waals surface area contributed by atoms with E-state index in [1.54, 1.807) is 0 Å². The Kier molecular flexibility index (Phi) is 8.59. The van der Waals surface area contributed by atoms with E-state index in [0.717, 1.165) is 6.54 Å². The Morgan fingerprint density at radius 2 is 1.50 bits per heavy atom. The minimum Gasteiger partial charge on any atom is -0.252 e. The molecule has 2 rings (SSSR count). The SMILES string of the molecule is CCCCCCCCCCCCn1cc(C2CCCC2)nn1. The highest BCUT2D eigenvalue weighted by molar-refractivity contribution is 5.03. The van der Waals surface area contributed by atoms with Crippen molar-refractivity contribution in [1.29, 1.82) is 0 Å². The van der Waals surface area contributed by atoms with Gasteiger partial charge in [0.1, 0.15) is 0 Å². The fourth-order valence-electron chi connectivity index (χ4n) is 3.59. The lowest BCUT2D eigenvalue weighted by atomic mass is 10.1. The van der Waals surface area contributed by atoms with E-state index in [1.165, 1.54) is 95.6 Å². The van der Waals surface area contributed by atoms with E-state index in [1.807, 2.05) is 0 Å². The van der Waals surface area contributed by atoms with Crippen LogP contribution >= 0.6 is 0 Å². The van der Waals surface area contributed by atoms with Crippen molar-refractivity contribution in [2.45, 2.75) is 109 Å². The number of hydrogen-bond acceptors (Lipinski definition) is 2. The molecule has 0 radical (unpaired) electrons. The number of unbranched alkanes of at least 4 members (excludes halogenated alkanes) is 9. The monoisotopic (exact) mass is 305 g/mol. The number of aryl methyl sites for hydroxylation is 1. The molecule has 1 aliphatic rings. The van der Waals surface area contributed by atoms with Crippen LogP contribution in [-0.2, 0) is 6.54 Å². The van der Waals surface area contributed by atoms with Crippen molar-refractivity contribution in [2.75, 3.05) is 0 Å². The maximum atomic E-state index is 4.38. The second-order valence-electron chi connectivity index (χ2n) is 7.07. The molecule has 3 nitrogen and oxygen atoms in total. The summed E-state index contributed by atoms with van der Waals surface area (Å²) in [5.74, 6) is 0.696. The van der Waals surface area contributed by atoms with Crippen molar-refractivity contribution in [1.82, 2.24) is 15.0 Å². The minimum absolute atomic E-state index is 0.696. The Morgan fingerprint density at radius 3 is 2.14 bits per heavy atom. The first-order valence-electron chi connectivity index (χ1n) is 9.80. The molecule has 3 heteroatoms. The Morgan fingerprint density at radius 1 is 0.909 bits per heavy atom. The number of nitrogens with zero attached hydrogens (tertiary/aromatic N) is 3. The molecule has 1 aliphatic carbocycles. The lowest BCUT2D eigenvalue weighted by molar-refractivity contribution is 0.507. The van der Waals surface area contributed by atoms with Crippen LogP contribution in [0.25, 0.3) is 0 Å². The molecule has 1 saturated carbocycles. The van der Waals surface area contributed by atoms with Crippen molar-refractivity contribution in [2.24, 2.45) is 0 Å². The van der Waals surface area contributed by atoms with Gasteiger partial charge in [-0.1, -0.05) is 82.8 Å². The maximum Gasteiger partial charge on any atom is 0.0857 e. The van der Waals surface area contributed by atoms with Crippen LogP contribution in [0.4, 0.5) is 0 Å². The number of rotatable bonds is 12. The summed E-state index contributed by atoms with van der Waals surface area (Å²) in [4.78, 5) is 0. The molecular formula is C19H35N3. The van der Waals surface area contributed by atoms with Crippen LogP contribution in [0.1, 0.15) is 108 Å². The first kappa shape index (κ1) is 17.5. The van der Waals surface area contributed by atoms with Gasteiger partial charge < -0.3 is 0 Å². The van der Waals surface area contributed by atoms with E-state index in [9.17, 15) is 0 Å². The average Bonchev–Trinajstić information content (AvgIpc) is 3.19. The first-order chi connectivity index (χ1) is 10.9. The second kappa shape index (κ2) is 10.8. The molecule has 0 aromatic carbocycles. The van der Waals surface area contributed by atoms with Gasteiger partial charge in [0.25, 0.3) is 0 Å². The first-order valence-corrected chi connectivity index (χ1v) is 9.80. The second-order valence-corrected chi connectivity index (χ2v) is 7.07. The lowest BCUT2D eigenvalue weighted by Crippen LogP contribution is -1.98. The highest BCUT2D eigenvalue weighted by atomic mass is 15.4. The zero-order valence-electron chi connectivity index (χ0n) is 14.6. The predicted molar refractivity (Wildman–Crippen MR) is 93.1 cm³/mol. The summed E-state index contributed by atoms with van der Waals surface area (Å²) >= 11 is 0. The third kappa shape index (κ3) is 6.50. The normalized spacial score (nSPS) is 15.7. The summed E-state index contributed by atoms with van der Waals surface area (Å²) in [5.41, 5.74) is 1.24. The van der Waals surface area contributed by atoms with Gasteiger partial charge in [-0.05, 0) is 19.3 Å². The van der Waals surface area contributed by atoms with Crippen molar-refractivity contribution in [3.63, 3.8) is 0 Å². The largest absolute Gasteiger partial charge is 0.252 e. The summed E-state index contributed by atoms with van der Waals surface area (Å²) in [6.07, 6.45) is 21.5. The lowest BCUT2D eigenvalue weighted by Gasteiger charge is -2.03. The summed E-state index contributed by atoms with van der Waals surface area (Å²) in [6, 6.07) is 0. The molecule has 0 amide bonds. The van der Waals surface area contributed by atoms with E-state index >= 15 is 0 Å². The van der Waals surface area contributed by atoms with E-state index in [2.05, 4.69) is 28.1 Å². The summed E-state index contributed by atoms with van der Waals surface area (Å²) in [5, 5.41) is 8.68. The molecule has 0 unspecified atom stereocenters. The van der Waals surface area contributed by atoms with E-state index < -0.39 is 0 Å². The van der Waals surface area contributed by atoms with Crippen LogP contribution in [0.15, 0.2) is 6.20 Å². The van der Waals surface area contributed by atoms with Crippen molar-refractivity contribution >= 4 is 0 Å². The molecule has 126 valence electrons. The van der Waals surface area contributed by atoms with Crippen LogP contribution in [0.3, 0.4) is 0 Å². The highest BCUT2D eigenvalue weighted by Crippen LogP contribution is 2.32. The van der Waals surface area contributed by atoms with Crippen molar-refractivity contribution in [3.8, 4) is 0 Å². The zero-order chi connectivity index (χ0) is 15.5. The van der Waals surface area contributed by atoms with Gasteiger partial charge in [0, 0.05) is 18.7 Å². The molecule has 0 bridgehead atoms. The number of hydrogen-bond donors (Lipinski definition) is 0. The molecule has 22 heavy (non-hydrogen) atoms. The molecule has 0 spiro atoms. The fourth-order valence-corrected chi connectivity index (χ4v) is 3.59. The van der Waals surface area contributed by atoms with Crippen LogP contribution in [-0.4, -0.2) is 15.0 Å². The molecule has 1 aromatic rings. The summed E-state index contributed by atoms with van der Waals surface area (Å²) < 4.78 is 2.07. The Hall–Kier alpha value is -0.860. The van der Waals surface area contributed by atoms with Gasteiger partial charge in [-0.15, -0.1) is 5.10 Å². The molecule has 0 saturated heterocycles. The third-order valence-corrected chi connectivity index (χ3v) is 5.07. The van der Waals surface area contributed by atoms with Crippen LogP contribution in [0.2, 0.25) is 0 Å². The van der Waals surface area contributed by atoms with E-state index in [-0.39, 0.29) is 0 Å².